The molecule has 0 bridgehead atoms. The number of phenols is 2. The number of rotatable bonds is 2. The Morgan fingerprint density at radius 1 is 1.27 bits per heavy atom. The molecule has 0 saturated heterocycles. The van der Waals surface area contributed by atoms with Crippen LogP contribution in [0.4, 0.5) is 6.01 Å². The first-order valence-corrected chi connectivity index (χ1v) is 4.24. The topological polar surface area (TPSA) is 91.4 Å². The lowest BCUT2D eigenvalue weighted by atomic mass is 10.2. The quantitative estimate of drug-likeness (QED) is 0.640. The molecule has 0 spiro atoms. The zero-order valence-electron chi connectivity index (χ0n) is 7.93. The lowest BCUT2D eigenvalue weighted by Gasteiger charge is -1.98. The molecular formula is C9H9N3O3. The largest absolute Gasteiger partial charge is 0.504 e. The average Bonchev–Trinajstić information content (AvgIpc) is 2.70. The number of aromatic nitrogens is 2. The van der Waals surface area contributed by atoms with Crippen LogP contribution in [0.5, 0.6) is 11.5 Å². The maximum Gasteiger partial charge on any atom is 0.321 e. The summed E-state index contributed by atoms with van der Waals surface area (Å²) in [5.74, 6) is -0.0611. The van der Waals surface area contributed by atoms with E-state index in [1.807, 2.05) is 0 Å². The molecule has 0 radical (unpaired) electrons. The molecule has 2 rings (SSSR count). The van der Waals surface area contributed by atoms with Gasteiger partial charge in [-0.3, -0.25) is 0 Å². The molecule has 0 atom stereocenters. The van der Waals surface area contributed by atoms with Gasteiger partial charge in [0.05, 0.1) is 0 Å². The second-order valence-electron chi connectivity index (χ2n) is 2.88. The molecule has 1 aromatic carbocycles. The molecule has 6 nitrogen and oxygen atoms in total. The molecule has 0 saturated carbocycles. The first kappa shape index (κ1) is 9.32. The monoisotopic (exact) mass is 207 g/mol. The summed E-state index contributed by atoms with van der Waals surface area (Å²) in [6.45, 7) is 0. The molecule has 0 unspecified atom stereocenters. The predicted molar refractivity (Wildman–Crippen MR) is 52.6 cm³/mol. The Hall–Kier alpha value is -2.24. The molecule has 0 aliphatic carbocycles. The summed E-state index contributed by atoms with van der Waals surface area (Å²) in [6.07, 6.45) is 0. The third kappa shape index (κ3) is 1.69. The van der Waals surface area contributed by atoms with E-state index in [1.54, 1.807) is 13.1 Å². The second-order valence-corrected chi connectivity index (χ2v) is 2.88. The van der Waals surface area contributed by atoms with Crippen molar-refractivity contribution in [1.29, 1.82) is 0 Å². The molecule has 0 aliphatic rings. The van der Waals surface area contributed by atoms with E-state index in [0.717, 1.165) is 0 Å². The van der Waals surface area contributed by atoms with Crippen LogP contribution in [0.15, 0.2) is 22.7 Å². The zero-order valence-corrected chi connectivity index (χ0v) is 7.93. The van der Waals surface area contributed by atoms with Crippen LogP contribution in [-0.2, 0) is 0 Å². The fourth-order valence-electron chi connectivity index (χ4n) is 1.10. The van der Waals surface area contributed by atoms with Crippen LogP contribution in [-0.4, -0.2) is 27.4 Å². The van der Waals surface area contributed by atoms with Crippen LogP contribution in [0, 0.1) is 0 Å². The van der Waals surface area contributed by atoms with Gasteiger partial charge in [0.2, 0.25) is 5.82 Å². The molecule has 0 fully saturated rings. The van der Waals surface area contributed by atoms with Gasteiger partial charge in [0.25, 0.3) is 0 Å². The van der Waals surface area contributed by atoms with Crippen molar-refractivity contribution in [3.63, 3.8) is 0 Å². The highest BCUT2D eigenvalue weighted by atomic mass is 16.5. The lowest BCUT2D eigenvalue weighted by Crippen LogP contribution is -1.86. The Morgan fingerprint density at radius 2 is 2.07 bits per heavy atom. The van der Waals surface area contributed by atoms with Gasteiger partial charge in [-0.25, -0.2) is 0 Å². The summed E-state index contributed by atoms with van der Waals surface area (Å²) in [6, 6.07) is 4.59. The summed E-state index contributed by atoms with van der Waals surface area (Å²) < 4.78 is 4.82. The van der Waals surface area contributed by atoms with E-state index in [0.29, 0.717) is 11.4 Å². The molecule has 0 aliphatic heterocycles. The fourth-order valence-corrected chi connectivity index (χ4v) is 1.10. The van der Waals surface area contributed by atoms with Crippen molar-refractivity contribution in [3.8, 4) is 22.9 Å². The minimum Gasteiger partial charge on any atom is -0.504 e. The summed E-state index contributed by atoms with van der Waals surface area (Å²) in [5, 5.41) is 24.8. The minimum absolute atomic E-state index is 0.184. The van der Waals surface area contributed by atoms with Gasteiger partial charge in [-0.05, 0) is 18.2 Å². The number of benzene rings is 1. The highest BCUT2D eigenvalue weighted by Gasteiger charge is 2.09. The van der Waals surface area contributed by atoms with Gasteiger partial charge in [-0.15, -0.1) is 0 Å². The Bertz CT molecular complexity index is 481. The number of aromatic hydroxyl groups is 2. The van der Waals surface area contributed by atoms with Gasteiger partial charge >= 0.3 is 6.01 Å². The van der Waals surface area contributed by atoms with Crippen LogP contribution in [0.25, 0.3) is 11.4 Å². The molecule has 3 N–H and O–H groups in total. The van der Waals surface area contributed by atoms with Crippen molar-refractivity contribution >= 4 is 6.01 Å². The maximum absolute atomic E-state index is 9.27. The number of nitrogens with zero attached hydrogens (tertiary/aromatic N) is 2. The average molecular weight is 207 g/mol. The SMILES string of the molecule is CNc1nc(-c2ccc(O)c(O)c2)no1. The van der Waals surface area contributed by atoms with Crippen LogP contribution in [0.1, 0.15) is 0 Å². The van der Waals surface area contributed by atoms with E-state index in [9.17, 15) is 5.11 Å². The van der Waals surface area contributed by atoms with Crippen molar-refractivity contribution in [3.05, 3.63) is 18.2 Å². The van der Waals surface area contributed by atoms with Crippen molar-refractivity contribution in [2.75, 3.05) is 12.4 Å². The summed E-state index contributed by atoms with van der Waals surface area (Å²) in [4.78, 5) is 3.99. The third-order valence-corrected chi connectivity index (χ3v) is 1.87. The Morgan fingerprint density at radius 3 is 2.67 bits per heavy atom. The highest BCUT2D eigenvalue weighted by molar-refractivity contribution is 5.60. The van der Waals surface area contributed by atoms with Gasteiger partial charge in [0.15, 0.2) is 11.5 Å². The minimum atomic E-state index is -0.219. The first-order valence-electron chi connectivity index (χ1n) is 4.24. The Balaban J connectivity index is 2.40. The number of anilines is 1. The Kier molecular flexibility index (Phi) is 2.17. The second kappa shape index (κ2) is 3.49. The molecule has 1 heterocycles. The zero-order chi connectivity index (χ0) is 10.8. The molecule has 6 heteroatoms. The summed E-state index contributed by atoms with van der Waals surface area (Å²) in [7, 11) is 1.66. The number of hydrogen-bond acceptors (Lipinski definition) is 6. The van der Waals surface area contributed by atoms with Gasteiger partial charge in [0, 0.05) is 12.6 Å². The van der Waals surface area contributed by atoms with E-state index in [-0.39, 0.29) is 17.5 Å². The van der Waals surface area contributed by atoms with Crippen LogP contribution in [0.2, 0.25) is 0 Å². The number of nitrogens with one attached hydrogen (secondary N) is 1. The molecular weight excluding hydrogens is 198 g/mol. The van der Waals surface area contributed by atoms with Crippen molar-refractivity contribution in [2.45, 2.75) is 0 Å². The Labute approximate surface area is 85.2 Å². The summed E-state index contributed by atoms with van der Waals surface area (Å²) >= 11 is 0. The molecule has 15 heavy (non-hydrogen) atoms. The maximum atomic E-state index is 9.27. The normalized spacial score (nSPS) is 10.2. The standard InChI is InChI=1S/C9H9N3O3/c1-10-9-11-8(12-15-9)5-2-3-6(13)7(14)4-5/h2-4,13-14H,1H3,(H,10,11,12). The first-order chi connectivity index (χ1) is 7.20. The van der Waals surface area contributed by atoms with Crippen LogP contribution in [0.3, 0.4) is 0 Å². The van der Waals surface area contributed by atoms with Crippen LogP contribution < -0.4 is 5.32 Å². The van der Waals surface area contributed by atoms with E-state index < -0.39 is 0 Å². The van der Waals surface area contributed by atoms with Crippen molar-refractivity contribution in [1.82, 2.24) is 10.1 Å². The number of hydrogen-bond donors (Lipinski definition) is 3. The number of phenolic OH excluding ortho intramolecular Hbond substituents is 2. The molecule has 78 valence electrons. The smallest absolute Gasteiger partial charge is 0.321 e. The van der Waals surface area contributed by atoms with Crippen molar-refractivity contribution < 1.29 is 14.7 Å². The lowest BCUT2D eigenvalue weighted by molar-refractivity contribution is 0.404. The van der Waals surface area contributed by atoms with Gasteiger partial charge < -0.3 is 20.1 Å². The van der Waals surface area contributed by atoms with Gasteiger partial charge in [-0.1, -0.05) is 5.16 Å². The summed E-state index contributed by atoms with van der Waals surface area (Å²) in [5.41, 5.74) is 0.565. The van der Waals surface area contributed by atoms with Gasteiger partial charge in [0.1, 0.15) is 0 Å². The van der Waals surface area contributed by atoms with E-state index >= 15 is 0 Å². The van der Waals surface area contributed by atoms with Gasteiger partial charge in [-0.2, -0.15) is 4.98 Å². The molecule has 1 aromatic heterocycles. The van der Waals surface area contributed by atoms with Crippen molar-refractivity contribution in [2.24, 2.45) is 0 Å². The van der Waals surface area contributed by atoms with E-state index in [2.05, 4.69) is 15.5 Å². The third-order valence-electron chi connectivity index (χ3n) is 1.87. The molecule has 2 aromatic rings. The van der Waals surface area contributed by atoms with Crippen LogP contribution >= 0.6 is 0 Å². The van der Waals surface area contributed by atoms with E-state index in [1.165, 1.54) is 12.1 Å². The van der Waals surface area contributed by atoms with E-state index in [4.69, 9.17) is 9.63 Å². The molecule has 0 amide bonds. The highest BCUT2D eigenvalue weighted by Crippen LogP contribution is 2.29. The predicted octanol–water partition coefficient (Wildman–Crippen LogP) is 1.19. The fraction of sp³-hybridized carbons (Fsp3) is 0.111.